The fourth-order valence-electron chi connectivity index (χ4n) is 2.35. The van der Waals surface area contributed by atoms with Crippen LogP contribution in [0.4, 0.5) is 5.69 Å². The van der Waals surface area contributed by atoms with Crippen LogP contribution in [0.3, 0.4) is 0 Å². The van der Waals surface area contributed by atoms with Gasteiger partial charge in [-0.05, 0) is 36.4 Å². The third-order valence-corrected chi connectivity index (χ3v) is 5.33. The van der Waals surface area contributed by atoms with E-state index < -0.39 is 0 Å². The molecule has 1 aliphatic heterocycles. The maximum atomic E-state index is 12.9. The summed E-state index contributed by atoms with van der Waals surface area (Å²) in [4.78, 5) is 15.8. The second-order valence-corrected chi connectivity index (χ2v) is 6.65. The van der Waals surface area contributed by atoms with E-state index >= 15 is 0 Å². The van der Waals surface area contributed by atoms with E-state index in [1.807, 2.05) is 24.3 Å². The van der Waals surface area contributed by atoms with Crippen LogP contribution in [0.5, 0.6) is 0 Å². The molecule has 0 spiro atoms. The Kier molecular flexibility index (Phi) is 4.43. The van der Waals surface area contributed by atoms with E-state index in [1.165, 1.54) is 0 Å². The van der Waals surface area contributed by atoms with Crippen molar-refractivity contribution in [3.8, 4) is 0 Å². The summed E-state index contributed by atoms with van der Waals surface area (Å²) in [5.74, 6) is 0.904. The highest BCUT2D eigenvalue weighted by Crippen LogP contribution is 2.35. The molecule has 0 bridgehead atoms. The van der Waals surface area contributed by atoms with Crippen LogP contribution in [-0.4, -0.2) is 18.2 Å². The van der Waals surface area contributed by atoms with Gasteiger partial charge in [-0.2, -0.15) is 0 Å². The summed E-state index contributed by atoms with van der Waals surface area (Å²) in [7, 11) is 0. The molecule has 0 saturated heterocycles. The van der Waals surface area contributed by atoms with Crippen LogP contribution in [0.1, 0.15) is 16.8 Å². The highest BCUT2D eigenvalue weighted by Gasteiger charge is 2.24. The van der Waals surface area contributed by atoms with E-state index in [4.69, 9.17) is 23.2 Å². The minimum atomic E-state index is -0.0996. The monoisotopic (exact) mass is 337 g/mol. The van der Waals surface area contributed by atoms with Crippen molar-refractivity contribution < 1.29 is 4.79 Å². The van der Waals surface area contributed by atoms with E-state index in [0.29, 0.717) is 22.2 Å². The van der Waals surface area contributed by atoms with Crippen LogP contribution < -0.4 is 4.90 Å². The first-order valence-electron chi connectivity index (χ1n) is 6.66. The summed E-state index contributed by atoms with van der Waals surface area (Å²) >= 11 is 14.0. The molecule has 2 aromatic carbocycles. The van der Waals surface area contributed by atoms with Gasteiger partial charge in [-0.15, -0.1) is 11.8 Å². The molecular weight excluding hydrogens is 325 g/mol. The quantitative estimate of drug-likeness (QED) is 0.718. The van der Waals surface area contributed by atoms with Crippen LogP contribution in [0.2, 0.25) is 10.0 Å². The highest BCUT2D eigenvalue weighted by atomic mass is 35.5. The van der Waals surface area contributed by atoms with Crippen molar-refractivity contribution in [3.05, 3.63) is 58.1 Å². The van der Waals surface area contributed by atoms with Crippen LogP contribution in [-0.2, 0) is 0 Å². The van der Waals surface area contributed by atoms with E-state index in [0.717, 1.165) is 22.8 Å². The Morgan fingerprint density at radius 3 is 2.76 bits per heavy atom. The molecule has 108 valence electrons. The highest BCUT2D eigenvalue weighted by molar-refractivity contribution is 7.99. The van der Waals surface area contributed by atoms with Gasteiger partial charge in [-0.25, -0.2) is 0 Å². The lowest BCUT2D eigenvalue weighted by Gasteiger charge is -2.23. The Hall–Kier alpha value is -1.16. The molecule has 0 fully saturated rings. The summed E-state index contributed by atoms with van der Waals surface area (Å²) in [6.07, 6.45) is 0.948. The number of thioether (sulfide) groups is 1. The molecule has 1 amide bonds. The van der Waals surface area contributed by atoms with Gasteiger partial charge >= 0.3 is 0 Å². The van der Waals surface area contributed by atoms with Gasteiger partial charge in [-0.1, -0.05) is 41.4 Å². The average molecular weight is 338 g/mol. The lowest BCUT2D eigenvalue weighted by molar-refractivity contribution is 0.0987. The Morgan fingerprint density at radius 1 is 1.10 bits per heavy atom. The number of hydrogen-bond donors (Lipinski definition) is 0. The number of benzene rings is 2. The molecular formula is C16H13Cl2NOS. The molecule has 0 aromatic heterocycles. The number of halogens is 2. The predicted molar refractivity (Wildman–Crippen MR) is 89.9 cm³/mol. The molecule has 0 atom stereocenters. The summed E-state index contributed by atoms with van der Waals surface area (Å²) in [6.45, 7) is 0.686. The van der Waals surface area contributed by atoms with Gasteiger partial charge in [0, 0.05) is 11.4 Å². The minimum absolute atomic E-state index is 0.0996. The Bertz CT molecular complexity index is 690. The SMILES string of the molecule is O=C(c1cccc(Cl)c1Cl)N1CCCSc2ccccc21. The molecule has 0 radical (unpaired) electrons. The molecule has 1 heterocycles. The first-order valence-corrected chi connectivity index (χ1v) is 8.40. The Labute approximate surface area is 138 Å². The number of carbonyl (C=O) groups is 1. The third-order valence-electron chi connectivity index (χ3n) is 3.37. The molecule has 2 nitrogen and oxygen atoms in total. The van der Waals surface area contributed by atoms with Crippen LogP contribution >= 0.6 is 35.0 Å². The maximum Gasteiger partial charge on any atom is 0.259 e. The number of carbonyl (C=O) groups excluding carboxylic acids is 1. The molecule has 0 saturated carbocycles. The van der Waals surface area contributed by atoms with Crippen molar-refractivity contribution in [2.75, 3.05) is 17.2 Å². The molecule has 21 heavy (non-hydrogen) atoms. The zero-order chi connectivity index (χ0) is 14.8. The van der Waals surface area contributed by atoms with Crippen LogP contribution in [0, 0.1) is 0 Å². The summed E-state index contributed by atoms with van der Waals surface area (Å²) in [5, 5.41) is 0.721. The van der Waals surface area contributed by atoms with Crippen molar-refractivity contribution in [2.45, 2.75) is 11.3 Å². The number of para-hydroxylation sites is 1. The second kappa shape index (κ2) is 6.30. The number of rotatable bonds is 1. The largest absolute Gasteiger partial charge is 0.307 e. The molecule has 5 heteroatoms. The molecule has 3 rings (SSSR count). The van der Waals surface area contributed by atoms with Gasteiger partial charge in [0.25, 0.3) is 5.91 Å². The average Bonchev–Trinajstić information content (AvgIpc) is 2.72. The maximum absolute atomic E-state index is 12.9. The lowest BCUT2D eigenvalue weighted by atomic mass is 10.1. The van der Waals surface area contributed by atoms with Crippen LogP contribution in [0.25, 0.3) is 0 Å². The van der Waals surface area contributed by atoms with Crippen molar-refractivity contribution in [2.24, 2.45) is 0 Å². The van der Waals surface area contributed by atoms with Gasteiger partial charge in [-0.3, -0.25) is 4.79 Å². The smallest absolute Gasteiger partial charge is 0.259 e. The van der Waals surface area contributed by atoms with Gasteiger partial charge in [0.2, 0.25) is 0 Å². The topological polar surface area (TPSA) is 20.3 Å². The lowest BCUT2D eigenvalue weighted by Crippen LogP contribution is -2.32. The third kappa shape index (κ3) is 2.91. The number of amides is 1. The zero-order valence-electron chi connectivity index (χ0n) is 11.2. The van der Waals surface area contributed by atoms with Crippen molar-refractivity contribution in [1.82, 2.24) is 0 Å². The zero-order valence-corrected chi connectivity index (χ0v) is 13.5. The normalized spacial score (nSPS) is 14.5. The first kappa shape index (κ1) is 14.8. The molecule has 0 unspecified atom stereocenters. The van der Waals surface area contributed by atoms with E-state index in [-0.39, 0.29) is 5.91 Å². The van der Waals surface area contributed by atoms with E-state index in [9.17, 15) is 4.79 Å². The summed E-state index contributed by atoms with van der Waals surface area (Å²) in [5.41, 5.74) is 1.40. The molecule has 1 aliphatic rings. The van der Waals surface area contributed by atoms with E-state index in [2.05, 4.69) is 0 Å². The summed E-state index contributed by atoms with van der Waals surface area (Å²) < 4.78 is 0. The van der Waals surface area contributed by atoms with Gasteiger partial charge in [0.15, 0.2) is 0 Å². The van der Waals surface area contributed by atoms with Crippen molar-refractivity contribution >= 4 is 46.6 Å². The Balaban J connectivity index is 2.03. The number of nitrogens with zero attached hydrogens (tertiary/aromatic N) is 1. The Morgan fingerprint density at radius 2 is 1.90 bits per heavy atom. The first-order chi connectivity index (χ1) is 10.2. The molecule has 0 N–H and O–H groups in total. The molecule has 0 aliphatic carbocycles. The number of anilines is 1. The number of fused-ring (bicyclic) bond motifs is 1. The second-order valence-electron chi connectivity index (χ2n) is 4.73. The summed E-state index contributed by atoms with van der Waals surface area (Å²) in [6, 6.07) is 13.1. The molecule has 2 aromatic rings. The van der Waals surface area contributed by atoms with Crippen molar-refractivity contribution in [1.29, 1.82) is 0 Å². The standard InChI is InChI=1S/C16H13Cl2NOS/c17-12-6-3-5-11(15(12)18)16(20)19-9-4-10-21-14-8-2-1-7-13(14)19/h1-3,5-8H,4,9-10H2. The minimum Gasteiger partial charge on any atom is -0.307 e. The van der Waals surface area contributed by atoms with Crippen LogP contribution in [0.15, 0.2) is 47.4 Å². The van der Waals surface area contributed by atoms with Gasteiger partial charge < -0.3 is 4.90 Å². The predicted octanol–water partition coefficient (Wildman–Crippen LogP) is 5.14. The fourth-order valence-corrected chi connectivity index (χ4v) is 3.73. The van der Waals surface area contributed by atoms with Gasteiger partial charge in [0.05, 0.1) is 21.3 Å². The van der Waals surface area contributed by atoms with Crippen molar-refractivity contribution in [3.63, 3.8) is 0 Å². The van der Waals surface area contributed by atoms with E-state index in [1.54, 1.807) is 34.9 Å². The van der Waals surface area contributed by atoms with Gasteiger partial charge in [0.1, 0.15) is 0 Å². The number of hydrogen-bond acceptors (Lipinski definition) is 2. The fraction of sp³-hybridized carbons (Fsp3) is 0.188.